The number of aliphatic hydroxyl groups is 1. The van der Waals surface area contributed by atoms with E-state index in [2.05, 4.69) is 0 Å². The maximum atomic E-state index is 12.8. The van der Waals surface area contributed by atoms with Gasteiger partial charge in [0.2, 0.25) is 11.2 Å². The minimum Gasteiger partial charge on any atom is -0.491 e. The molecule has 1 atom stereocenters. The third-order valence-corrected chi connectivity index (χ3v) is 5.71. The fourth-order valence-electron chi connectivity index (χ4n) is 4.07. The molecule has 1 aromatic heterocycles. The number of rotatable bonds is 7. The summed E-state index contributed by atoms with van der Waals surface area (Å²) in [6.45, 7) is 5.11. The van der Waals surface area contributed by atoms with Crippen LogP contribution in [0.1, 0.15) is 31.2 Å². The van der Waals surface area contributed by atoms with Crippen LogP contribution in [0.2, 0.25) is 0 Å². The van der Waals surface area contributed by atoms with Crippen LogP contribution in [0.5, 0.6) is 17.2 Å². The first kappa shape index (κ1) is 21.4. The number of benzene rings is 2. The highest BCUT2D eigenvalue weighted by Crippen LogP contribution is 2.24. The van der Waals surface area contributed by atoms with Gasteiger partial charge in [0.15, 0.2) is 0 Å². The van der Waals surface area contributed by atoms with E-state index < -0.39 is 6.10 Å². The monoisotopic (exact) mass is 424 g/mol. The number of fused-ring (bicyclic) bond motifs is 1. The maximum absolute atomic E-state index is 12.8. The molecular weight excluding hydrogens is 394 g/mol. The Balaban J connectivity index is 1.40. The minimum atomic E-state index is -0.527. The van der Waals surface area contributed by atoms with Crippen LogP contribution in [0.3, 0.4) is 0 Å². The van der Waals surface area contributed by atoms with Crippen molar-refractivity contribution >= 4 is 11.0 Å². The van der Waals surface area contributed by atoms with Gasteiger partial charge in [-0.05, 0) is 62.4 Å². The van der Waals surface area contributed by atoms with Crippen molar-refractivity contribution < 1.29 is 23.9 Å². The van der Waals surface area contributed by atoms with Crippen molar-refractivity contribution in [3.8, 4) is 17.2 Å². The molecule has 1 fully saturated rings. The van der Waals surface area contributed by atoms with E-state index in [1.165, 1.54) is 36.8 Å². The lowest BCUT2D eigenvalue weighted by Crippen LogP contribution is -3.13. The van der Waals surface area contributed by atoms with Crippen LogP contribution >= 0.6 is 0 Å². The normalized spacial score (nSPS) is 16.1. The molecule has 2 heterocycles. The van der Waals surface area contributed by atoms with Crippen molar-refractivity contribution in [2.75, 3.05) is 26.2 Å². The molecule has 0 spiro atoms. The first-order valence-electron chi connectivity index (χ1n) is 11.0. The number of aliphatic hydroxyl groups excluding tert-OH is 1. The van der Waals surface area contributed by atoms with E-state index in [0.29, 0.717) is 29.0 Å². The number of likely N-dealkylation sites (tertiary alicyclic amines) is 1. The molecular formula is C25H30NO5+. The van der Waals surface area contributed by atoms with Crippen LogP contribution in [0.25, 0.3) is 11.0 Å². The predicted octanol–water partition coefficient (Wildman–Crippen LogP) is 3.09. The van der Waals surface area contributed by atoms with Gasteiger partial charge in [0.1, 0.15) is 42.6 Å². The lowest BCUT2D eigenvalue weighted by atomic mass is 10.2. The molecule has 1 saturated heterocycles. The number of hydrogen-bond acceptors (Lipinski definition) is 5. The molecule has 1 aliphatic rings. The molecule has 0 radical (unpaired) electrons. The van der Waals surface area contributed by atoms with E-state index >= 15 is 0 Å². The first-order valence-corrected chi connectivity index (χ1v) is 11.0. The number of ether oxygens (including phenoxy) is 2. The number of aryl methyl sites for hydroxylation is 1. The molecule has 31 heavy (non-hydrogen) atoms. The van der Waals surface area contributed by atoms with E-state index in [4.69, 9.17) is 13.9 Å². The third-order valence-electron chi connectivity index (χ3n) is 5.71. The van der Waals surface area contributed by atoms with Crippen molar-refractivity contribution in [2.45, 2.75) is 38.7 Å². The summed E-state index contributed by atoms with van der Waals surface area (Å²) in [7, 11) is 0. The molecule has 1 aliphatic heterocycles. The van der Waals surface area contributed by atoms with Gasteiger partial charge in [0, 0.05) is 6.07 Å². The quantitative estimate of drug-likeness (QED) is 0.610. The lowest BCUT2D eigenvalue weighted by molar-refractivity contribution is -0.902. The molecule has 0 bridgehead atoms. The molecule has 164 valence electrons. The Morgan fingerprint density at radius 2 is 1.87 bits per heavy atom. The van der Waals surface area contributed by atoms with Crippen LogP contribution < -0.4 is 19.8 Å². The van der Waals surface area contributed by atoms with Gasteiger partial charge < -0.3 is 23.9 Å². The van der Waals surface area contributed by atoms with Crippen molar-refractivity contribution in [3.63, 3.8) is 0 Å². The average Bonchev–Trinajstić information content (AvgIpc) is 3.03. The molecule has 4 rings (SSSR count). The van der Waals surface area contributed by atoms with Crippen molar-refractivity contribution in [1.82, 2.24) is 0 Å². The van der Waals surface area contributed by atoms with E-state index in [1.807, 2.05) is 25.1 Å². The van der Waals surface area contributed by atoms with Gasteiger partial charge in [-0.2, -0.15) is 0 Å². The van der Waals surface area contributed by atoms with Crippen LogP contribution in [0.4, 0.5) is 0 Å². The fraction of sp³-hybridized carbons (Fsp3) is 0.400. The van der Waals surface area contributed by atoms with E-state index in [0.717, 1.165) is 18.7 Å². The van der Waals surface area contributed by atoms with Gasteiger partial charge >= 0.3 is 0 Å². The zero-order valence-corrected chi connectivity index (χ0v) is 17.9. The molecule has 6 nitrogen and oxygen atoms in total. The standard InChI is InChI=1S/C25H29NO5/c1-18-7-6-8-21(13-18)31-24-17-30-23-14-20(9-10-22(23)25(24)28)29-16-19(27)15-26-11-4-2-3-5-12-26/h6-10,13-14,17,19,27H,2-5,11-12,15-16H2,1H3/p+1/t19-/m0/s1. The van der Waals surface area contributed by atoms with Crippen LogP contribution in [-0.2, 0) is 0 Å². The SMILES string of the molecule is Cc1cccc(Oc2coc3cc(OC[C@@H](O)C[NH+]4CCCCCC4)ccc3c2=O)c1. The second-order valence-electron chi connectivity index (χ2n) is 8.34. The summed E-state index contributed by atoms with van der Waals surface area (Å²) in [6, 6.07) is 12.6. The zero-order valence-electron chi connectivity index (χ0n) is 17.9. The molecule has 0 aliphatic carbocycles. The Morgan fingerprint density at radius 3 is 2.65 bits per heavy atom. The second-order valence-corrected chi connectivity index (χ2v) is 8.34. The highest BCUT2D eigenvalue weighted by Gasteiger charge is 2.18. The third kappa shape index (κ3) is 5.66. The summed E-state index contributed by atoms with van der Waals surface area (Å²) >= 11 is 0. The van der Waals surface area contributed by atoms with Crippen molar-refractivity contribution in [1.29, 1.82) is 0 Å². The molecule has 2 N–H and O–H groups in total. The number of quaternary nitrogens is 1. The highest BCUT2D eigenvalue weighted by atomic mass is 16.5. The fourth-order valence-corrected chi connectivity index (χ4v) is 4.07. The number of hydrogen-bond donors (Lipinski definition) is 2. The van der Waals surface area contributed by atoms with Gasteiger partial charge in [-0.15, -0.1) is 0 Å². The number of nitrogens with one attached hydrogen (secondary N) is 1. The van der Waals surface area contributed by atoms with E-state index in [-0.39, 0.29) is 17.8 Å². The lowest BCUT2D eigenvalue weighted by Gasteiger charge is -2.20. The van der Waals surface area contributed by atoms with Gasteiger partial charge in [-0.1, -0.05) is 12.1 Å². The van der Waals surface area contributed by atoms with Crippen LogP contribution in [-0.4, -0.2) is 37.5 Å². The maximum Gasteiger partial charge on any atom is 0.235 e. The van der Waals surface area contributed by atoms with Crippen molar-refractivity contribution in [2.24, 2.45) is 0 Å². The summed E-state index contributed by atoms with van der Waals surface area (Å²) < 4.78 is 17.1. The van der Waals surface area contributed by atoms with Crippen molar-refractivity contribution in [3.05, 3.63) is 64.5 Å². The Morgan fingerprint density at radius 1 is 1.06 bits per heavy atom. The van der Waals surface area contributed by atoms with Gasteiger partial charge in [-0.3, -0.25) is 4.79 Å². The summed E-state index contributed by atoms with van der Waals surface area (Å²) in [4.78, 5) is 14.2. The van der Waals surface area contributed by atoms with Crippen LogP contribution in [0, 0.1) is 6.92 Å². The Bertz CT molecular complexity index is 1070. The molecule has 2 aromatic carbocycles. The minimum absolute atomic E-state index is 0.141. The highest BCUT2D eigenvalue weighted by molar-refractivity contribution is 5.79. The smallest absolute Gasteiger partial charge is 0.235 e. The molecule has 6 heteroatoms. The Hall–Kier alpha value is -2.83. The first-order chi connectivity index (χ1) is 15.1. The van der Waals surface area contributed by atoms with Crippen LogP contribution in [0.15, 0.2) is 57.9 Å². The Kier molecular flexibility index (Phi) is 6.89. The van der Waals surface area contributed by atoms with Gasteiger partial charge in [0.05, 0.1) is 18.5 Å². The second kappa shape index (κ2) is 9.98. The topological polar surface area (TPSA) is 73.3 Å². The molecule has 3 aromatic rings. The summed E-state index contributed by atoms with van der Waals surface area (Å²) in [5.41, 5.74) is 1.23. The van der Waals surface area contributed by atoms with E-state index in [9.17, 15) is 9.90 Å². The molecule has 0 amide bonds. The van der Waals surface area contributed by atoms with Gasteiger partial charge in [-0.25, -0.2) is 0 Å². The van der Waals surface area contributed by atoms with Gasteiger partial charge in [0.25, 0.3) is 0 Å². The summed E-state index contributed by atoms with van der Waals surface area (Å²) in [5.74, 6) is 1.29. The Labute approximate surface area is 182 Å². The largest absolute Gasteiger partial charge is 0.491 e. The summed E-state index contributed by atoms with van der Waals surface area (Å²) in [5, 5.41) is 10.8. The summed E-state index contributed by atoms with van der Waals surface area (Å²) in [6.07, 6.45) is 5.83. The molecule has 0 unspecified atom stereocenters. The molecule has 0 saturated carbocycles. The average molecular weight is 425 g/mol. The zero-order chi connectivity index (χ0) is 21.6. The predicted molar refractivity (Wildman–Crippen MR) is 119 cm³/mol. The van der Waals surface area contributed by atoms with E-state index in [1.54, 1.807) is 24.3 Å².